The van der Waals surface area contributed by atoms with E-state index in [9.17, 15) is 4.79 Å². The van der Waals surface area contributed by atoms with E-state index in [1.54, 1.807) is 0 Å². The van der Waals surface area contributed by atoms with Crippen molar-refractivity contribution in [1.29, 1.82) is 0 Å². The summed E-state index contributed by atoms with van der Waals surface area (Å²) in [5.41, 5.74) is 0. The van der Waals surface area contributed by atoms with E-state index >= 15 is 0 Å². The molecule has 53 heavy (non-hydrogen) atoms. The van der Waals surface area contributed by atoms with Gasteiger partial charge in [-0.2, -0.15) is 0 Å². The zero-order valence-electron chi connectivity index (χ0n) is 35.2. The number of unbranched alkanes of at least 4 members (excludes halogenated alkanes) is 18. The van der Waals surface area contributed by atoms with Gasteiger partial charge in [-0.05, 0) is 97.6 Å². The molecule has 3 N–H and O–H groups in total. The maximum absolute atomic E-state index is 11.2. The van der Waals surface area contributed by atoms with E-state index in [0.29, 0.717) is 32.6 Å². The van der Waals surface area contributed by atoms with Gasteiger partial charge in [-0.25, -0.2) is 0 Å². The third-order valence-electron chi connectivity index (χ3n) is 9.00. The number of aliphatic hydroxyl groups is 3. The molecule has 1 aliphatic rings. The number of hydrogen-bond donors (Lipinski definition) is 3. The fraction of sp³-hybridized carbons (Fsp3) is 0.804. The number of allylic oxidation sites excluding steroid dienone is 8. The Hall–Kier alpha value is -1.77. The molecule has 0 amide bonds. The van der Waals surface area contributed by atoms with E-state index in [4.69, 9.17) is 24.8 Å². The van der Waals surface area contributed by atoms with Crippen LogP contribution in [-0.4, -0.2) is 79.0 Å². The number of esters is 1. The van der Waals surface area contributed by atoms with E-state index in [2.05, 4.69) is 62.5 Å². The Morgan fingerprint density at radius 1 is 0.604 bits per heavy atom. The Bertz CT molecular complexity index is 794. The number of rotatable bonds is 33. The van der Waals surface area contributed by atoms with Gasteiger partial charge in [-0.3, -0.25) is 4.79 Å². The summed E-state index contributed by atoms with van der Waals surface area (Å²) < 4.78 is 10.1. The molecule has 0 aromatic rings. The number of carbonyl (C=O) groups excluding carboxylic acids is 1. The first kappa shape index (κ1) is 53.3. The smallest absolute Gasteiger partial charge is 0.307 e. The molecule has 0 aliphatic carbocycles. The average Bonchev–Trinajstić information content (AvgIpc) is 3.58. The van der Waals surface area contributed by atoms with Crippen LogP contribution in [0.1, 0.15) is 187 Å². The number of aliphatic hydroxyl groups excluding tert-OH is 3. The standard InChI is InChI=1S/2C18H34O.C10H19NO4/c2*1-2-3-4-5-6-7-8-9-10-11-12-13-14-15-16-17-18-19;1-11(2)6-5-9(12)14-7-8-3-4-10(13)15-8/h2*6-7,9-10,19H,2-5,8,11-18H2,1H3;8,10,13H,3-7H2,1-2H3/b2*7-6-,10-9-;/t;;8-,10+/m..0/s1. The molecular formula is C46H87NO6. The van der Waals surface area contributed by atoms with E-state index in [1.165, 1.54) is 128 Å². The molecule has 0 bridgehead atoms. The zero-order valence-corrected chi connectivity index (χ0v) is 35.2. The van der Waals surface area contributed by atoms with Crippen molar-refractivity contribution in [1.82, 2.24) is 4.90 Å². The van der Waals surface area contributed by atoms with Gasteiger partial charge >= 0.3 is 5.97 Å². The quantitative estimate of drug-likeness (QED) is 0.0349. The van der Waals surface area contributed by atoms with Crippen LogP contribution in [0, 0.1) is 0 Å². The monoisotopic (exact) mass is 750 g/mol. The van der Waals surface area contributed by atoms with Gasteiger partial charge in [0.1, 0.15) is 6.61 Å². The summed E-state index contributed by atoms with van der Waals surface area (Å²) in [6.45, 7) is 6.15. The van der Waals surface area contributed by atoms with Crippen molar-refractivity contribution < 1.29 is 29.6 Å². The molecular weight excluding hydrogens is 663 g/mol. The Morgan fingerprint density at radius 2 is 1.00 bits per heavy atom. The van der Waals surface area contributed by atoms with Crippen LogP contribution < -0.4 is 0 Å². The number of nitrogens with zero attached hydrogens (tertiary/aromatic N) is 1. The molecule has 1 saturated heterocycles. The number of ether oxygens (including phenoxy) is 2. The summed E-state index contributed by atoms with van der Waals surface area (Å²) in [5.74, 6) is -0.214. The lowest BCUT2D eigenvalue weighted by Crippen LogP contribution is -2.22. The molecule has 1 fully saturated rings. The molecule has 0 aromatic carbocycles. The predicted octanol–water partition coefficient (Wildman–Crippen LogP) is 11.6. The summed E-state index contributed by atoms with van der Waals surface area (Å²) in [5, 5.41) is 26.4. The molecule has 0 radical (unpaired) electrons. The summed E-state index contributed by atoms with van der Waals surface area (Å²) in [6.07, 6.45) is 49.4. The molecule has 7 heteroatoms. The van der Waals surface area contributed by atoms with Crippen molar-refractivity contribution in [3.05, 3.63) is 48.6 Å². The van der Waals surface area contributed by atoms with Gasteiger partial charge < -0.3 is 29.7 Å². The normalized spacial score (nSPS) is 15.8. The molecule has 1 rings (SSSR count). The second-order valence-corrected chi connectivity index (χ2v) is 14.6. The van der Waals surface area contributed by atoms with E-state index < -0.39 is 6.29 Å². The van der Waals surface area contributed by atoms with Gasteiger partial charge in [0, 0.05) is 26.2 Å². The van der Waals surface area contributed by atoms with Gasteiger partial charge in [0.15, 0.2) is 6.29 Å². The summed E-state index contributed by atoms with van der Waals surface area (Å²) in [7, 11) is 3.81. The van der Waals surface area contributed by atoms with Crippen molar-refractivity contribution in [2.75, 3.05) is 40.5 Å². The molecule has 312 valence electrons. The second-order valence-electron chi connectivity index (χ2n) is 14.6. The van der Waals surface area contributed by atoms with Gasteiger partial charge in [0.05, 0.1) is 12.5 Å². The van der Waals surface area contributed by atoms with Gasteiger partial charge in [-0.1, -0.05) is 140 Å². The number of carbonyl (C=O) groups is 1. The van der Waals surface area contributed by atoms with Crippen LogP contribution in [0.25, 0.3) is 0 Å². The zero-order chi connectivity index (χ0) is 39.3. The maximum atomic E-state index is 11.2. The molecule has 0 spiro atoms. The highest BCUT2D eigenvalue weighted by Gasteiger charge is 2.24. The Labute approximate surface area is 328 Å². The molecule has 0 saturated carbocycles. The van der Waals surface area contributed by atoms with E-state index in [0.717, 1.165) is 32.1 Å². The lowest BCUT2D eigenvalue weighted by molar-refractivity contribution is -0.152. The van der Waals surface area contributed by atoms with Gasteiger partial charge in [0.25, 0.3) is 0 Å². The summed E-state index contributed by atoms with van der Waals surface area (Å²) >= 11 is 0. The highest BCUT2D eigenvalue weighted by molar-refractivity contribution is 5.69. The minimum atomic E-state index is -0.685. The van der Waals surface area contributed by atoms with E-state index in [-0.39, 0.29) is 18.7 Å². The number of hydrogen-bond acceptors (Lipinski definition) is 7. The highest BCUT2D eigenvalue weighted by Crippen LogP contribution is 2.17. The molecule has 0 aromatic heterocycles. The van der Waals surface area contributed by atoms with Crippen LogP contribution in [-0.2, 0) is 14.3 Å². The lowest BCUT2D eigenvalue weighted by Gasteiger charge is -2.12. The summed E-state index contributed by atoms with van der Waals surface area (Å²) in [6, 6.07) is 0. The van der Waals surface area contributed by atoms with Crippen LogP contribution in [0.4, 0.5) is 0 Å². The van der Waals surface area contributed by atoms with Crippen molar-refractivity contribution in [3.8, 4) is 0 Å². The molecule has 0 unspecified atom stereocenters. The van der Waals surface area contributed by atoms with E-state index in [1.807, 2.05) is 19.0 Å². The second kappa shape index (κ2) is 46.4. The van der Waals surface area contributed by atoms with Crippen molar-refractivity contribution in [2.24, 2.45) is 0 Å². The van der Waals surface area contributed by atoms with Gasteiger partial charge in [0.2, 0.25) is 0 Å². The molecule has 2 atom stereocenters. The summed E-state index contributed by atoms with van der Waals surface area (Å²) in [4.78, 5) is 13.1. The first-order valence-corrected chi connectivity index (χ1v) is 21.9. The van der Waals surface area contributed by atoms with Crippen molar-refractivity contribution in [3.63, 3.8) is 0 Å². The third kappa shape index (κ3) is 48.2. The SMILES string of the molecule is CCCCC/C=C\C/C=C\CCCCCCCCO.CCCCC/C=C\C/C=C\CCCCCCCCO.CN(C)CCC(=O)OC[C@@H]1CC[C@H](O)O1. The maximum Gasteiger partial charge on any atom is 0.307 e. The first-order valence-electron chi connectivity index (χ1n) is 21.9. The topological polar surface area (TPSA) is 99.5 Å². The average molecular weight is 750 g/mol. The largest absolute Gasteiger partial charge is 0.463 e. The Balaban J connectivity index is 0. The third-order valence-corrected chi connectivity index (χ3v) is 9.00. The van der Waals surface area contributed by atoms with Crippen LogP contribution in [0.2, 0.25) is 0 Å². The predicted molar refractivity (Wildman–Crippen MR) is 227 cm³/mol. The fourth-order valence-corrected chi connectivity index (χ4v) is 5.58. The van der Waals surface area contributed by atoms with Crippen molar-refractivity contribution >= 4 is 5.97 Å². The van der Waals surface area contributed by atoms with Gasteiger partial charge in [-0.15, -0.1) is 0 Å². The highest BCUT2D eigenvalue weighted by atomic mass is 16.6. The molecule has 1 aliphatic heterocycles. The molecule has 1 heterocycles. The molecule has 7 nitrogen and oxygen atoms in total. The first-order chi connectivity index (χ1) is 25.9. The van der Waals surface area contributed by atoms with Crippen LogP contribution in [0.3, 0.4) is 0 Å². The van der Waals surface area contributed by atoms with Crippen LogP contribution >= 0.6 is 0 Å². The van der Waals surface area contributed by atoms with Crippen LogP contribution in [0.5, 0.6) is 0 Å². The Kier molecular flexibility index (Phi) is 46.7. The fourth-order valence-electron chi connectivity index (χ4n) is 5.58. The van der Waals surface area contributed by atoms with Crippen LogP contribution in [0.15, 0.2) is 48.6 Å². The van der Waals surface area contributed by atoms with Crippen molar-refractivity contribution in [2.45, 2.75) is 200 Å². The lowest BCUT2D eigenvalue weighted by atomic mass is 10.1. The Morgan fingerprint density at radius 3 is 1.36 bits per heavy atom. The minimum Gasteiger partial charge on any atom is -0.463 e. The minimum absolute atomic E-state index is 0.136.